The van der Waals surface area contributed by atoms with Gasteiger partial charge in [0.25, 0.3) is 0 Å². The Balaban J connectivity index is 2.00. The molecule has 0 amide bonds. The molecule has 6 heteroatoms. The third-order valence-electron chi connectivity index (χ3n) is 5.67. The highest BCUT2D eigenvalue weighted by Gasteiger charge is 2.45. The van der Waals surface area contributed by atoms with Crippen LogP contribution in [0.5, 0.6) is 5.75 Å². The average Bonchev–Trinajstić information content (AvgIpc) is 2.88. The molecular weight excluding hydrogens is 467 g/mol. The summed E-state index contributed by atoms with van der Waals surface area (Å²) >= 11 is 6.37. The quantitative estimate of drug-likeness (QED) is 0.263. The molecule has 0 heterocycles. The number of carbonyl (C=O) groups excluding carboxylic acids is 2. The molecule has 34 heavy (non-hydrogen) atoms. The maximum absolute atomic E-state index is 14.8. The molecule has 0 aliphatic rings. The molecule has 1 atom stereocenters. The number of ether oxygens (including phenoxy) is 1. The first-order valence-corrected chi connectivity index (χ1v) is 12.7. The molecule has 4 nitrogen and oxygen atoms in total. The highest BCUT2D eigenvalue weighted by Crippen LogP contribution is 2.54. The molecule has 0 saturated carbocycles. The fourth-order valence-corrected chi connectivity index (χ4v) is 6.69. The van der Waals surface area contributed by atoms with Gasteiger partial charge in [0.05, 0.1) is 17.7 Å². The van der Waals surface area contributed by atoms with E-state index >= 15 is 0 Å². The Labute approximate surface area is 203 Å². The molecule has 0 saturated heterocycles. The van der Waals surface area contributed by atoms with E-state index in [1.807, 2.05) is 36.4 Å². The molecule has 0 spiro atoms. The Morgan fingerprint density at radius 2 is 1.32 bits per heavy atom. The number of methoxy groups -OCH3 is 1. The van der Waals surface area contributed by atoms with Crippen LogP contribution in [0.1, 0.15) is 26.3 Å². The summed E-state index contributed by atoms with van der Waals surface area (Å²) in [5.74, 6) is 0.162. The summed E-state index contributed by atoms with van der Waals surface area (Å²) in [5.41, 5.74) is 0.623. The lowest BCUT2D eigenvalue weighted by Crippen LogP contribution is -2.22. The predicted molar refractivity (Wildman–Crippen MR) is 137 cm³/mol. The molecule has 0 aliphatic carbocycles. The number of halogens is 1. The highest BCUT2D eigenvalue weighted by molar-refractivity contribution is 8.01. The van der Waals surface area contributed by atoms with Crippen molar-refractivity contribution in [1.29, 1.82) is 0 Å². The van der Waals surface area contributed by atoms with Gasteiger partial charge in [0.2, 0.25) is 18.2 Å². The fourth-order valence-electron chi connectivity index (χ4n) is 3.97. The molecule has 0 N–H and O–H groups in total. The number of carbonyl (C=O) groups is 2. The van der Waals surface area contributed by atoms with Crippen molar-refractivity contribution in [2.75, 3.05) is 7.11 Å². The van der Waals surface area contributed by atoms with E-state index in [1.54, 1.807) is 61.5 Å². The van der Waals surface area contributed by atoms with E-state index in [0.29, 0.717) is 11.1 Å². The molecule has 0 radical (unpaired) electrons. The van der Waals surface area contributed by atoms with Gasteiger partial charge < -0.3 is 9.30 Å². The van der Waals surface area contributed by atoms with E-state index in [4.69, 9.17) is 16.3 Å². The molecule has 0 aliphatic heterocycles. The number of hydrogen-bond donors (Lipinski definition) is 0. The zero-order valence-corrected chi connectivity index (χ0v) is 20.3. The molecule has 4 aromatic carbocycles. The first-order valence-electron chi connectivity index (χ1n) is 10.6. The summed E-state index contributed by atoms with van der Waals surface area (Å²) < 4.78 is 20.1. The summed E-state index contributed by atoms with van der Waals surface area (Å²) in [6.07, 6.45) is 0. The minimum Gasteiger partial charge on any atom is -0.496 e. The van der Waals surface area contributed by atoms with Gasteiger partial charge in [-0.2, -0.15) is 0 Å². The molecular formula is C28H22ClO4P. The van der Waals surface area contributed by atoms with E-state index in [9.17, 15) is 14.2 Å². The van der Waals surface area contributed by atoms with Crippen molar-refractivity contribution in [3.8, 4) is 16.9 Å². The SMILES string of the molecule is COc1cccc(Cl)c1C(=O)P(=O)(C(=O)c1c(C)cccc1-c1ccccc1)c1ccccc1. The Morgan fingerprint density at radius 3 is 1.97 bits per heavy atom. The van der Waals surface area contributed by atoms with E-state index in [2.05, 4.69) is 0 Å². The van der Waals surface area contributed by atoms with E-state index in [0.717, 1.165) is 5.56 Å². The first-order chi connectivity index (χ1) is 16.4. The molecule has 0 aromatic heterocycles. The third-order valence-corrected chi connectivity index (χ3v) is 8.60. The van der Waals surface area contributed by atoms with Crippen LogP contribution in [0.3, 0.4) is 0 Å². The topological polar surface area (TPSA) is 60.4 Å². The monoisotopic (exact) mass is 488 g/mol. The van der Waals surface area contributed by atoms with Gasteiger partial charge in [-0.15, -0.1) is 0 Å². The molecule has 170 valence electrons. The molecule has 4 aromatic rings. The minimum absolute atomic E-state index is 0.0675. The van der Waals surface area contributed by atoms with Crippen LogP contribution in [0.15, 0.2) is 97.1 Å². The zero-order valence-electron chi connectivity index (χ0n) is 18.7. The first kappa shape index (κ1) is 23.7. The Kier molecular flexibility index (Phi) is 6.83. The lowest BCUT2D eigenvalue weighted by atomic mass is 9.97. The van der Waals surface area contributed by atoms with Crippen LogP contribution in [0.25, 0.3) is 11.1 Å². The third kappa shape index (κ3) is 4.11. The molecule has 1 unspecified atom stereocenters. The smallest absolute Gasteiger partial charge is 0.248 e. The van der Waals surface area contributed by atoms with Gasteiger partial charge in [0, 0.05) is 10.9 Å². The van der Waals surface area contributed by atoms with Crippen molar-refractivity contribution < 1.29 is 18.9 Å². The van der Waals surface area contributed by atoms with Gasteiger partial charge >= 0.3 is 0 Å². The van der Waals surface area contributed by atoms with Crippen LogP contribution in [-0.2, 0) is 4.57 Å². The molecule has 4 rings (SSSR count). The van der Waals surface area contributed by atoms with Crippen molar-refractivity contribution in [3.05, 3.63) is 119 Å². The lowest BCUT2D eigenvalue weighted by Gasteiger charge is -2.21. The Morgan fingerprint density at radius 1 is 0.735 bits per heavy atom. The second kappa shape index (κ2) is 9.80. The zero-order chi connectivity index (χ0) is 24.3. The van der Waals surface area contributed by atoms with Crippen molar-refractivity contribution in [2.45, 2.75) is 6.92 Å². The minimum atomic E-state index is -4.38. The standard InChI is InChI=1S/C28H22ClO4P/c1-19-11-9-16-22(20-12-5-3-6-13-20)25(19)27(30)34(32,21-14-7-4-8-15-21)28(31)26-23(29)17-10-18-24(26)33-2/h3-18H,1-2H3. The van der Waals surface area contributed by atoms with E-state index in [-0.39, 0.29) is 27.2 Å². The van der Waals surface area contributed by atoms with Crippen LogP contribution in [0.4, 0.5) is 0 Å². The summed E-state index contributed by atoms with van der Waals surface area (Å²) in [6, 6.07) is 27.6. The second-order valence-electron chi connectivity index (χ2n) is 7.74. The van der Waals surface area contributed by atoms with Gasteiger partial charge in [-0.25, -0.2) is 0 Å². The second-order valence-corrected chi connectivity index (χ2v) is 10.7. The maximum Gasteiger partial charge on any atom is 0.248 e. The average molecular weight is 489 g/mol. The molecule has 0 bridgehead atoms. The Bertz CT molecular complexity index is 1420. The number of rotatable bonds is 7. The van der Waals surface area contributed by atoms with Crippen LogP contribution in [-0.4, -0.2) is 18.2 Å². The van der Waals surface area contributed by atoms with Crippen LogP contribution in [0, 0.1) is 6.92 Å². The van der Waals surface area contributed by atoms with Gasteiger partial charge in [-0.05, 0) is 35.7 Å². The number of hydrogen-bond acceptors (Lipinski definition) is 4. The number of aryl methyl sites for hydroxylation is 1. The van der Waals surface area contributed by atoms with Crippen LogP contribution < -0.4 is 10.0 Å². The largest absolute Gasteiger partial charge is 0.496 e. The lowest BCUT2D eigenvalue weighted by molar-refractivity contribution is 0.104. The Hall–Kier alpha value is -3.46. The van der Waals surface area contributed by atoms with E-state index < -0.39 is 18.2 Å². The summed E-state index contributed by atoms with van der Waals surface area (Å²) in [6.45, 7) is 1.77. The van der Waals surface area contributed by atoms with Gasteiger partial charge in [-0.3, -0.25) is 9.59 Å². The van der Waals surface area contributed by atoms with E-state index in [1.165, 1.54) is 13.2 Å². The number of benzene rings is 4. The summed E-state index contributed by atoms with van der Waals surface area (Å²) in [5, 5.41) is 0.218. The predicted octanol–water partition coefficient (Wildman–Crippen LogP) is 6.99. The van der Waals surface area contributed by atoms with Gasteiger partial charge in [-0.1, -0.05) is 96.5 Å². The summed E-state index contributed by atoms with van der Waals surface area (Å²) in [7, 11) is -2.99. The maximum atomic E-state index is 14.8. The van der Waals surface area contributed by atoms with Gasteiger partial charge in [0.1, 0.15) is 5.75 Å². The summed E-state index contributed by atoms with van der Waals surface area (Å²) in [4.78, 5) is 28.2. The van der Waals surface area contributed by atoms with Crippen molar-refractivity contribution in [3.63, 3.8) is 0 Å². The van der Waals surface area contributed by atoms with Crippen molar-refractivity contribution >= 4 is 35.1 Å². The van der Waals surface area contributed by atoms with Crippen LogP contribution in [0.2, 0.25) is 5.02 Å². The fraction of sp³-hybridized carbons (Fsp3) is 0.0714. The normalized spacial score (nSPS) is 12.6. The van der Waals surface area contributed by atoms with Crippen LogP contribution >= 0.6 is 18.7 Å². The van der Waals surface area contributed by atoms with Crippen molar-refractivity contribution in [1.82, 2.24) is 0 Å². The highest BCUT2D eigenvalue weighted by atomic mass is 35.5. The van der Waals surface area contributed by atoms with Gasteiger partial charge in [0.15, 0.2) is 0 Å². The van der Waals surface area contributed by atoms with Crippen molar-refractivity contribution in [2.24, 2.45) is 0 Å². The molecule has 0 fully saturated rings.